The molecule has 0 unspecified atom stereocenters. The zero-order valence-corrected chi connectivity index (χ0v) is 22.8. The van der Waals surface area contributed by atoms with Crippen molar-refractivity contribution < 1.29 is 19.4 Å². The summed E-state index contributed by atoms with van der Waals surface area (Å²) in [5.41, 5.74) is 3.16. The van der Waals surface area contributed by atoms with Crippen LogP contribution in [0.3, 0.4) is 0 Å². The number of nitrogens with zero attached hydrogens (tertiary/aromatic N) is 4. The molecule has 0 spiro atoms. The largest absolute Gasteiger partial charge is 0.481 e. The normalized spacial score (nSPS) is 20.5. The molecule has 1 saturated heterocycles. The quantitative estimate of drug-likeness (QED) is 0.453. The van der Waals surface area contributed by atoms with Gasteiger partial charge in [-0.05, 0) is 63.6 Å². The molecular weight excluding hydrogens is 506 g/mol. The number of hydrogen-bond donors (Lipinski definition) is 2. The topological polar surface area (TPSA) is 112 Å². The van der Waals surface area contributed by atoms with Crippen molar-refractivity contribution in [1.82, 2.24) is 19.9 Å². The molecule has 5 rings (SSSR count). The number of aromatic nitrogens is 3. The number of H-pyrrole nitrogens is 1. The van der Waals surface area contributed by atoms with E-state index in [4.69, 9.17) is 21.3 Å². The Morgan fingerprint density at radius 3 is 2.32 bits per heavy atom. The van der Waals surface area contributed by atoms with Gasteiger partial charge in [0.15, 0.2) is 5.65 Å². The Kier molecular flexibility index (Phi) is 7.22. The summed E-state index contributed by atoms with van der Waals surface area (Å²) in [7, 11) is 0. The molecule has 10 heteroatoms. The molecule has 1 aliphatic carbocycles. The zero-order chi connectivity index (χ0) is 27.0. The lowest BCUT2D eigenvalue weighted by Crippen LogP contribution is -2.48. The van der Waals surface area contributed by atoms with Crippen LogP contribution < -0.4 is 9.64 Å². The average molecular weight is 540 g/mol. The van der Waals surface area contributed by atoms with Gasteiger partial charge in [0, 0.05) is 44.4 Å². The number of carboxylic acid groups (broad SMARTS) is 1. The van der Waals surface area contributed by atoms with Crippen molar-refractivity contribution in [2.75, 3.05) is 31.1 Å². The maximum atomic E-state index is 11.6. The summed E-state index contributed by atoms with van der Waals surface area (Å²) < 4.78 is 6.13. The monoisotopic (exact) mass is 539 g/mol. The predicted octanol–water partition coefficient (Wildman–Crippen LogP) is 5.00. The van der Waals surface area contributed by atoms with Crippen LogP contribution in [0.15, 0.2) is 30.3 Å². The lowest BCUT2D eigenvalue weighted by atomic mass is 9.70. The number of pyridine rings is 1. The Morgan fingerprint density at radius 1 is 1.05 bits per heavy atom. The first-order valence-corrected chi connectivity index (χ1v) is 13.6. The summed E-state index contributed by atoms with van der Waals surface area (Å²) in [6, 6.07) is 10.4. The van der Waals surface area contributed by atoms with Crippen LogP contribution in [0.4, 0.5) is 5.69 Å². The molecule has 202 valence electrons. The molecule has 1 aliphatic heterocycles. The Morgan fingerprint density at radius 2 is 1.71 bits per heavy atom. The molecule has 1 aromatic carbocycles. The molecule has 2 aliphatic rings. The van der Waals surface area contributed by atoms with Crippen molar-refractivity contribution >= 4 is 40.3 Å². The van der Waals surface area contributed by atoms with Gasteiger partial charge in [-0.25, -0.2) is 4.98 Å². The van der Waals surface area contributed by atoms with Gasteiger partial charge in [-0.2, -0.15) is 4.98 Å². The van der Waals surface area contributed by atoms with E-state index in [1.807, 2.05) is 23.1 Å². The molecule has 2 fully saturated rings. The fourth-order valence-corrected chi connectivity index (χ4v) is 5.76. The highest BCUT2D eigenvalue weighted by Crippen LogP contribution is 2.39. The summed E-state index contributed by atoms with van der Waals surface area (Å²) in [6.45, 7) is 8.29. The molecule has 0 atom stereocenters. The SMILES string of the molecule is CC(=O)N1CCN(c2ccc(-c3nc4nc(OC5CCC(C(C)(C)C(=O)O)CC5)[nH]c4cc3Cl)cc2)CC1. The third kappa shape index (κ3) is 5.29. The van der Waals surface area contributed by atoms with Crippen molar-refractivity contribution in [3.63, 3.8) is 0 Å². The summed E-state index contributed by atoms with van der Waals surface area (Å²) in [4.78, 5) is 39.8. The van der Waals surface area contributed by atoms with Gasteiger partial charge in [-0.3, -0.25) is 9.59 Å². The predicted molar refractivity (Wildman–Crippen MR) is 147 cm³/mol. The molecule has 9 nitrogen and oxygen atoms in total. The first kappa shape index (κ1) is 26.3. The van der Waals surface area contributed by atoms with E-state index in [2.05, 4.69) is 27.0 Å². The van der Waals surface area contributed by atoms with Crippen molar-refractivity contribution in [1.29, 1.82) is 0 Å². The molecule has 0 bridgehead atoms. The third-order valence-electron chi connectivity index (χ3n) is 8.16. The van der Waals surface area contributed by atoms with Crippen LogP contribution in [0.2, 0.25) is 5.02 Å². The minimum absolute atomic E-state index is 0.0174. The van der Waals surface area contributed by atoms with Gasteiger partial charge in [0.1, 0.15) is 6.10 Å². The van der Waals surface area contributed by atoms with Crippen molar-refractivity contribution in [2.24, 2.45) is 11.3 Å². The highest BCUT2D eigenvalue weighted by molar-refractivity contribution is 6.33. The van der Waals surface area contributed by atoms with Gasteiger partial charge >= 0.3 is 5.97 Å². The highest BCUT2D eigenvalue weighted by atomic mass is 35.5. The number of amides is 1. The number of piperazine rings is 1. The number of nitrogens with one attached hydrogen (secondary N) is 1. The Labute approximate surface area is 227 Å². The Hall–Kier alpha value is -3.33. The molecule has 1 amide bonds. The van der Waals surface area contributed by atoms with E-state index < -0.39 is 11.4 Å². The number of aromatic amines is 1. The van der Waals surface area contributed by atoms with E-state index in [9.17, 15) is 14.7 Å². The lowest BCUT2D eigenvalue weighted by Gasteiger charge is -2.36. The number of carbonyl (C=O) groups excluding carboxylic acids is 1. The molecule has 1 saturated carbocycles. The Bertz CT molecular complexity index is 1320. The number of imidazole rings is 1. The summed E-state index contributed by atoms with van der Waals surface area (Å²) in [5, 5.41) is 10.0. The van der Waals surface area contributed by atoms with Gasteiger partial charge in [-0.15, -0.1) is 0 Å². The van der Waals surface area contributed by atoms with Crippen LogP contribution in [0.5, 0.6) is 6.01 Å². The third-order valence-corrected chi connectivity index (χ3v) is 8.45. The zero-order valence-electron chi connectivity index (χ0n) is 22.0. The maximum Gasteiger partial charge on any atom is 0.309 e. The second kappa shape index (κ2) is 10.4. The lowest BCUT2D eigenvalue weighted by molar-refractivity contribution is -0.151. The molecule has 3 aromatic rings. The summed E-state index contributed by atoms with van der Waals surface area (Å²) >= 11 is 6.61. The maximum absolute atomic E-state index is 11.6. The minimum Gasteiger partial charge on any atom is -0.481 e. The van der Waals surface area contributed by atoms with Crippen LogP contribution >= 0.6 is 11.6 Å². The molecule has 38 heavy (non-hydrogen) atoms. The van der Waals surface area contributed by atoms with Gasteiger partial charge in [0.05, 0.1) is 21.6 Å². The molecule has 0 radical (unpaired) electrons. The first-order valence-electron chi connectivity index (χ1n) is 13.2. The number of carboxylic acids is 1. The molecule has 2 N–H and O–H groups in total. The van der Waals surface area contributed by atoms with E-state index in [1.165, 1.54) is 0 Å². The number of anilines is 1. The summed E-state index contributed by atoms with van der Waals surface area (Å²) in [5.74, 6) is -0.495. The van der Waals surface area contributed by atoms with Crippen molar-refractivity contribution in [2.45, 2.75) is 52.6 Å². The van der Waals surface area contributed by atoms with Crippen molar-refractivity contribution in [3.8, 4) is 17.3 Å². The van der Waals surface area contributed by atoms with Crippen LogP contribution in [0.25, 0.3) is 22.4 Å². The summed E-state index contributed by atoms with van der Waals surface area (Å²) in [6.07, 6.45) is 3.17. The number of rotatable bonds is 6. The number of hydrogen-bond acceptors (Lipinski definition) is 6. The average Bonchev–Trinajstić information content (AvgIpc) is 3.29. The van der Waals surface area contributed by atoms with Gasteiger partial charge < -0.3 is 24.6 Å². The number of ether oxygens (including phenoxy) is 1. The van der Waals surface area contributed by atoms with Crippen LogP contribution in [0, 0.1) is 11.3 Å². The highest BCUT2D eigenvalue weighted by Gasteiger charge is 2.39. The van der Waals surface area contributed by atoms with E-state index in [0.29, 0.717) is 27.9 Å². The van der Waals surface area contributed by atoms with Gasteiger partial charge in [0.2, 0.25) is 5.91 Å². The number of halogens is 1. The number of fused-ring (bicyclic) bond motifs is 1. The number of aliphatic carboxylic acids is 1. The second-order valence-corrected chi connectivity index (χ2v) is 11.3. The standard InChI is InChI=1S/C28H34ClN5O4/c1-17(35)33-12-14-34(15-13-33)20-8-4-18(5-9-20)24-22(29)16-23-25(31-24)32-27(30-23)38-21-10-6-19(7-11-21)28(2,3)26(36)37/h4-5,8-9,16,19,21H,6-7,10-15H2,1-3H3,(H,36,37)(H,30,31,32). The van der Waals surface area contributed by atoms with E-state index in [-0.39, 0.29) is 17.9 Å². The van der Waals surface area contributed by atoms with Gasteiger partial charge in [-0.1, -0.05) is 23.7 Å². The van der Waals surface area contributed by atoms with Gasteiger partial charge in [0.25, 0.3) is 6.01 Å². The van der Waals surface area contributed by atoms with E-state index in [1.54, 1.807) is 20.8 Å². The van der Waals surface area contributed by atoms with Crippen LogP contribution in [-0.4, -0.2) is 69.1 Å². The molecular formula is C28H34ClN5O4. The van der Waals surface area contributed by atoms with E-state index in [0.717, 1.165) is 63.1 Å². The second-order valence-electron chi connectivity index (χ2n) is 10.9. The van der Waals surface area contributed by atoms with Crippen molar-refractivity contribution in [3.05, 3.63) is 35.4 Å². The minimum atomic E-state index is -0.750. The number of carbonyl (C=O) groups is 2. The van der Waals surface area contributed by atoms with E-state index >= 15 is 0 Å². The Balaban J connectivity index is 1.25. The first-order chi connectivity index (χ1) is 18.1. The number of benzene rings is 1. The molecule has 3 heterocycles. The fraction of sp³-hybridized carbons (Fsp3) is 0.500. The van der Waals surface area contributed by atoms with Crippen LogP contribution in [-0.2, 0) is 9.59 Å². The van der Waals surface area contributed by atoms with Crippen LogP contribution in [0.1, 0.15) is 46.5 Å². The molecule has 2 aromatic heterocycles. The smallest absolute Gasteiger partial charge is 0.309 e. The fourth-order valence-electron chi connectivity index (χ4n) is 5.50.